The smallest absolute Gasteiger partial charge is 0.344 e. The molecule has 7 heteroatoms. The van der Waals surface area contributed by atoms with Gasteiger partial charge in [0.2, 0.25) is 0 Å². The predicted octanol–water partition coefficient (Wildman–Crippen LogP) is 2.60. The third-order valence-electron chi connectivity index (χ3n) is 2.55. The average molecular weight is 325 g/mol. The van der Waals surface area contributed by atoms with Gasteiger partial charge in [-0.1, -0.05) is 0 Å². The number of nitrogens with zero attached hydrogens (tertiary/aromatic N) is 1. The quantitative estimate of drug-likeness (QED) is 0.455. The predicted molar refractivity (Wildman–Crippen MR) is 83.5 cm³/mol. The highest BCUT2D eigenvalue weighted by Gasteiger charge is 2.14. The summed E-state index contributed by atoms with van der Waals surface area (Å²) in [7, 11) is 3.30. The van der Waals surface area contributed by atoms with Crippen molar-refractivity contribution >= 4 is 28.8 Å². The molecule has 1 amide bonds. The highest BCUT2D eigenvalue weighted by Crippen LogP contribution is 2.28. The number of esters is 1. The van der Waals surface area contributed by atoms with Gasteiger partial charge in [0.15, 0.2) is 12.4 Å². The van der Waals surface area contributed by atoms with Crippen LogP contribution in [0, 0.1) is 0 Å². The second-order valence-electron chi connectivity index (χ2n) is 4.57. The zero-order chi connectivity index (χ0) is 16.7. The summed E-state index contributed by atoms with van der Waals surface area (Å²) in [6, 6.07) is 4.82. The van der Waals surface area contributed by atoms with Gasteiger partial charge in [-0.15, -0.1) is 0 Å². The van der Waals surface area contributed by atoms with Crippen LogP contribution in [-0.2, 0) is 9.53 Å². The number of Topliss-reactive ketones (excluding diaryl/α,β-unsaturated/α-hetero) is 1. The van der Waals surface area contributed by atoms with E-state index in [1.807, 2.05) is 0 Å². The fraction of sp³-hybridized carbons (Fsp3) is 0.400. The largest absolute Gasteiger partial charge is 0.481 e. The molecule has 0 aliphatic carbocycles. The minimum atomic E-state index is -0.514. The summed E-state index contributed by atoms with van der Waals surface area (Å²) in [6.07, 6.45) is 0. The molecule has 0 aliphatic heterocycles. The van der Waals surface area contributed by atoms with Gasteiger partial charge >= 0.3 is 5.97 Å². The molecule has 1 rings (SSSR count). The molecule has 0 spiro atoms. The average Bonchev–Trinajstić information content (AvgIpc) is 2.45. The number of rotatable bonds is 6. The molecular formula is C15H19NO5S. The van der Waals surface area contributed by atoms with Gasteiger partial charge in [-0.05, 0) is 43.8 Å². The third kappa shape index (κ3) is 5.40. The van der Waals surface area contributed by atoms with Crippen molar-refractivity contribution in [1.82, 2.24) is 4.90 Å². The van der Waals surface area contributed by atoms with Crippen LogP contribution in [0.25, 0.3) is 0 Å². The minimum Gasteiger partial charge on any atom is -0.481 e. The van der Waals surface area contributed by atoms with Crippen molar-refractivity contribution in [1.29, 1.82) is 0 Å². The summed E-state index contributed by atoms with van der Waals surface area (Å²) >= 11 is 1.01. The van der Waals surface area contributed by atoms with Gasteiger partial charge in [-0.25, -0.2) is 4.79 Å². The molecule has 0 radical (unpaired) electrons. The number of carbonyl (C=O) groups excluding carboxylic acids is 3. The van der Waals surface area contributed by atoms with E-state index >= 15 is 0 Å². The molecule has 22 heavy (non-hydrogen) atoms. The summed E-state index contributed by atoms with van der Waals surface area (Å²) in [4.78, 5) is 36.7. The molecule has 1 aromatic carbocycles. The second-order valence-corrected chi connectivity index (χ2v) is 5.60. The lowest BCUT2D eigenvalue weighted by molar-refractivity contribution is -0.145. The van der Waals surface area contributed by atoms with Crippen LogP contribution in [0.15, 0.2) is 23.1 Å². The molecule has 0 atom stereocenters. The molecule has 0 saturated heterocycles. The number of ether oxygens (including phenoxy) is 2. The Hall–Kier alpha value is -2.02. The van der Waals surface area contributed by atoms with Gasteiger partial charge < -0.3 is 14.4 Å². The molecule has 0 unspecified atom stereocenters. The van der Waals surface area contributed by atoms with Crippen LogP contribution < -0.4 is 4.74 Å². The highest BCUT2D eigenvalue weighted by molar-refractivity contribution is 8.13. The fourth-order valence-corrected chi connectivity index (χ4v) is 2.19. The van der Waals surface area contributed by atoms with Gasteiger partial charge in [0.05, 0.1) is 12.2 Å². The molecule has 120 valence electrons. The summed E-state index contributed by atoms with van der Waals surface area (Å²) in [5.74, 6) is -0.439. The molecular weight excluding hydrogens is 306 g/mol. The summed E-state index contributed by atoms with van der Waals surface area (Å²) in [5, 5.41) is -0.146. The van der Waals surface area contributed by atoms with E-state index < -0.39 is 5.97 Å². The van der Waals surface area contributed by atoms with Gasteiger partial charge in [0.1, 0.15) is 5.75 Å². The van der Waals surface area contributed by atoms with E-state index in [-0.39, 0.29) is 30.0 Å². The van der Waals surface area contributed by atoms with Crippen molar-refractivity contribution in [2.45, 2.75) is 18.7 Å². The van der Waals surface area contributed by atoms with E-state index in [2.05, 4.69) is 0 Å². The number of hydrogen-bond donors (Lipinski definition) is 0. The Balaban J connectivity index is 2.92. The number of thioether (sulfide) groups is 1. The van der Waals surface area contributed by atoms with Crippen molar-refractivity contribution in [3.63, 3.8) is 0 Å². The van der Waals surface area contributed by atoms with Crippen molar-refractivity contribution in [2.24, 2.45) is 0 Å². The monoisotopic (exact) mass is 325 g/mol. The second kappa shape index (κ2) is 8.43. The lowest BCUT2D eigenvalue weighted by Gasteiger charge is -2.12. The van der Waals surface area contributed by atoms with E-state index in [9.17, 15) is 14.4 Å². The summed E-state index contributed by atoms with van der Waals surface area (Å²) in [5.41, 5.74) is 0.353. The zero-order valence-electron chi connectivity index (χ0n) is 13.0. The lowest BCUT2D eigenvalue weighted by atomic mass is 10.1. The first kappa shape index (κ1) is 18.0. The van der Waals surface area contributed by atoms with Crippen LogP contribution in [0.3, 0.4) is 0 Å². The maximum Gasteiger partial charge on any atom is 0.344 e. The molecule has 0 bridgehead atoms. The van der Waals surface area contributed by atoms with Crippen LogP contribution in [-0.4, -0.2) is 49.2 Å². The van der Waals surface area contributed by atoms with E-state index in [0.717, 1.165) is 11.8 Å². The maximum absolute atomic E-state index is 11.7. The Kier molecular flexibility index (Phi) is 6.91. The summed E-state index contributed by atoms with van der Waals surface area (Å²) < 4.78 is 10.1. The van der Waals surface area contributed by atoms with Crippen molar-refractivity contribution in [3.8, 4) is 5.75 Å². The molecule has 0 aromatic heterocycles. The number of benzene rings is 1. The summed E-state index contributed by atoms with van der Waals surface area (Å²) in [6.45, 7) is 3.08. The molecule has 1 aromatic rings. The molecule has 6 nitrogen and oxygen atoms in total. The number of carbonyl (C=O) groups is 3. The minimum absolute atomic E-state index is 0.146. The van der Waals surface area contributed by atoms with Gasteiger partial charge in [-0.3, -0.25) is 9.59 Å². The first-order chi connectivity index (χ1) is 10.3. The molecule has 0 N–H and O–H groups in total. The Labute approximate surface area is 133 Å². The van der Waals surface area contributed by atoms with Gasteiger partial charge in [-0.2, -0.15) is 0 Å². The van der Waals surface area contributed by atoms with Crippen molar-refractivity contribution in [2.75, 3.05) is 27.3 Å². The van der Waals surface area contributed by atoms with Crippen LogP contribution in [0.5, 0.6) is 5.75 Å². The molecule has 0 aliphatic rings. The number of hydrogen-bond acceptors (Lipinski definition) is 6. The van der Waals surface area contributed by atoms with Crippen LogP contribution in [0.1, 0.15) is 24.2 Å². The van der Waals surface area contributed by atoms with Crippen molar-refractivity contribution < 1.29 is 23.9 Å². The Morgan fingerprint density at radius 1 is 1.23 bits per heavy atom. The first-order valence-corrected chi connectivity index (χ1v) is 7.49. The topological polar surface area (TPSA) is 72.9 Å². The Bertz CT molecular complexity index is 571. The van der Waals surface area contributed by atoms with Crippen molar-refractivity contribution in [3.05, 3.63) is 23.8 Å². The molecule has 0 saturated carbocycles. The number of amides is 1. The van der Waals surface area contributed by atoms with Crippen LogP contribution >= 0.6 is 11.8 Å². The molecule has 0 heterocycles. The maximum atomic E-state index is 11.7. The normalized spacial score (nSPS) is 10.0. The van der Waals surface area contributed by atoms with Gasteiger partial charge in [0, 0.05) is 19.0 Å². The lowest BCUT2D eigenvalue weighted by Crippen LogP contribution is -2.17. The first-order valence-electron chi connectivity index (χ1n) is 6.67. The molecule has 0 fully saturated rings. The standard InChI is InChI=1S/C15H19NO5S/c1-5-20-14(18)9-21-13-8-11(22-15(19)16(3)4)6-7-12(13)10(2)17/h6-8H,5,9H2,1-4H3. The van der Waals surface area contributed by atoms with E-state index in [4.69, 9.17) is 9.47 Å². The SMILES string of the molecule is CCOC(=O)COc1cc(SC(=O)N(C)C)ccc1C(C)=O. The zero-order valence-corrected chi connectivity index (χ0v) is 13.9. The van der Waals surface area contributed by atoms with Gasteiger partial charge in [0.25, 0.3) is 5.24 Å². The fourth-order valence-electron chi connectivity index (χ4n) is 1.51. The Morgan fingerprint density at radius 2 is 1.91 bits per heavy atom. The highest BCUT2D eigenvalue weighted by atomic mass is 32.2. The van der Waals surface area contributed by atoms with Crippen LogP contribution in [0.2, 0.25) is 0 Å². The van der Waals surface area contributed by atoms with E-state index in [0.29, 0.717) is 10.5 Å². The Morgan fingerprint density at radius 3 is 2.45 bits per heavy atom. The van der Waals surface area contributed by atoms with E-state index in [1.165, 1.54) is 11.8 Å². The number of ketones is 1. The van der Waals surface area contributed by atoms with Crippen LogP contribution in [0.4, 0.5) is 4.79 Å². The third-order valence-corrected chi connectivity index (χ3v) is 3.58. The van der Waals surface area contributed by atoms with E-state index in [1.54, 1.807) is 39.2 Å².